The number of ketones is 1. The van der Waals surface area contributed by atoms with Crippen LogP contribution in [0.15, 0.2) is 42.5 Å². The first-order valence-corrected chi connectivity index (χ1v) is 7.05. The molecule has 0 bridgehead atoms. The van der Waals surface area contributed by atoms with Crippen molar-refractivity contribution in [2.45, 2.75) is 13.3 Å². The molecule has 4 nitrogen and oxygen atoms in total. The highest BCUT2D eigenvalue weighted by Gasteiger charge is 2.09. The molecular weight excluding hydrogens is 302 g/mol. The number of hydrogen-bond donors (Lipinski definition) is 2. The largest absolute Gasteiger partial charge is 0.337 e. The number of urea groups is 1. The van der Waals surface area contributed by atoms with Gasteiger partial charge in [-0.2, -0.15) is 0 Å². The van der Waals surface area contributed by atoms with Crippen LogP contribution in [0.4, 0.5) is 19.3 Å². The van der Waals surface area contributed by atoms with Crippen molar-refractivity contribution in [2.75, 3.05) is 11.9 Å². The zero-order valence-electron chi connectivity index (χ0n) is 12.5. The van der Waals surface area contributed by atoms with Crippen LogP contribution in [0, 0.1) is 18.6 Å². The van der Waals surface area contributed by atoms with E-state index in [1.165, 1.54) is 0 Å². The Morgan fingerprint density at radius 1 is 1.04 bits per heavy atom. The molecule has 0 unspecified atom stereocenters. The van der Waals surface area contributed by atoms with Crippen LogP contribution in [0.5, 0.6) is 0 Å². The highest BCUT2D eigenvalue weighted by atomic mass is 19.1. The molecule has 0 aliphatic rings. The Balaban J connectivity index is 1.81. The first-order chi connectivity index (χ1) is 11.0. The van der Waals surface area contributed by atoms with Gasteiger partial charge < -0.3 is 10.6 Å². The number of amides is 2. The average Bonchev–Trinajstić information content (AvgIpc) is 2.51. The van der Waals surface area contributed by atoms with Gasteiger partial charge in [0.1, 0.15) is 11.6 Å². The molecule has 0 spiro atoms. The van der Waals surface area contributed by atoms with E-state index < -0.39 is 17.7 Å². The number of carbonyl (C=O) groups excluding carboxylic acids is 2. The van der Waals surface area contributed by atoms with Gasteiger partial charge in [-0.15, -0.1) is 0 Å². The van der Waals surface area contributed by atoms with Crippen molar-refractivity contribution in [1.82, 2.24) is 5.32 Å². The van der Waals surface area contributed by atoms with E-state index >= 15 is 0 Å². The van der Waals surface area contributed by atoms with E-state index in [0.29, 0.717) is 5.56 Å². The molecular formula is C17H16F2N2O2. The molecule has 0 aromatic heterocycles. The van der Waals surface area contributed by atoms with Crippen LogP contribution in [0.3, 0.4) is 0 Å². The minimum Gasteiger partial charge on any atom is -0.337 e. The predicted molar refractivity (Wildman–Crippen MR) is 83.5 cm³/mol. The summed E-state index contributed by atoms with van der Waals surface area (Å²) in [5.41, 5.74) is 1.36. The van der Waals surface area contributed by atoms with Crippen LogP contribution < -0.4 is 10.6 Å². The zero-order valence-corrected chi connectivity index (χ0v) is 12.5. The van der Waals surface area contributed by atoms with E-state index in [1.54, 1.807) is 12.1 Å². The number of hydrogen-bond acceptors (Lipinski definition) is 2. The molecule has 0 saturated heterocycles. The number of benzene rings is 2. The lowest BCUT2D eigenvalue weighted by Gasteiger charge is -2.08. The van der Waals surface area contributed by atoms with Gasteiger partial charge in [-0.05, 0) is 19.1 Å². The first kappa shape index (κ1) is 16.6. The Labute approximate surface area is 132 Å². The maximum absolute atomic E-state index is 13.4. The molecule has 0 aliphatic heterocycles. The van der Waals surface area contributed by atoms with E-state index in [2.05, 4.69) is 10.6 Å². The van der Waals surface area contributed by atoms with E-state index in [4.69, 9.17) is 0 Å². The Bertz CT molecular complexity index is 715. The van der Waals surface area contributed by atoms with Gasteiger partial charge in [-0.1, -0.05) is 29.8 Å². The molecule has 0 heterocycles. The molecule has 0 fully saturated rings. The number of halogens is 2. The fourth-order valence-electron chi connectivity index (χ4n) is 1.93. The van der Waals surface area contributed by atoms with Crippen molar-refractivity contribution in [1.29, 1.82) is 0 Å². The van der Waals surface area contributed by atoms with Crippen LogP contribution in [-0.4, -0.2) is 18.4 Å². The number of aryl methyl sites for hydroxylation is 1. The van der Waals surface area contributed by atoms with Crippen molar-refractivity contribution in [3.8, 4) is 0 Å². The van der Waals surface area contributed by atoms with Gasteiger partial charge in [-0.3, -0.25) is 4.79 Å². The molecule has 2 N–H and O–H groups in total. The highest BCUT2D eigenvalue weighted by Crippen LogP contribution is 2.14. The summed E-state index contributed by atoms with van der Waals surface area (Å²) in [7, 11) is 0. The third-order valence-electron chi connectivity index (χ3n) is 3.19. The van der Waals surface area contributed by atoms with E-state index in [0.717, 1.165) is 23.8 Å². The molecule has 120 valence electrons. The van der Waals surface area contributed by atoms with Gasteiger partial charge in [0.2, 0.25) is 0 Å². The molecule has 2 aromatic rings. The van der Waals surface area contributed by atoms with Crippen molar-refractivity contribution < 1.29 is 18.4 Å². The summed E-state index contributed by atoms with van der Waals surface area (Å²) in [6, 6.07) is 9.17. The van der Waals surface area contributed by atoms with Gasteiger partial charge >= 0.3 is 6.03 Å². The lowest BCUT2D eigenvalue weighted by Crippen LogP contribution is -2.31. The fraction of sp³-hybridized carbons (Fsp3) is 0.176. The predicted octanol–water partition coefficient (Wildman–Crippen LogP) is 3.67. The third kappa shape index (κ3) is 4.88. The molecule has 6 heteroatoms. The SMILES string of the molecule is Cc1ccc(C(=O)CCNC(=O)Nc2cc(F)ccc2F)cc1. The molecule has 0 atom stereocenters. The summed E-state index contributed by atoms with van der Waals surface area (Å²) < 4.78 is 26.4. The van der Waals surface area contributed by atoms with E-state index in [9.17, 15) is 18.4 Å². The van der Waals surface area contributed by atoms with Gasteiger partial charge in [0, 0.05) is 24.6 Å². The lowest BCUT2D eigenvalue weighted by atomic mass is 10.1. The standard InChI is InChI=1S/C17H16F2N2O2/c1-11-2-4-12(5-3-11)16(22)8-9-20-17(23)21-15-10-13(18)6-7-14(15)19/h2-7,10H,8-9H2,1H3,(H2,20,21,23). The number of Topliss-reactive ketones (excluding diaryl/α,β-unsaturated/α-hetero) is 1. The van der Waals surface area contributed by atoms with Crippen LogP contribution in [-0.2, 0) is 0 Å². The highest BCUT2D eigenvalue weighted by molar-refractivity contribution is 5.96. The molecule has 2 amide bonds. The van der Waals surface area contributed by atoms with Gasteiger partial charge in [0.05, 0.1) is 5.69 Å². The third-order valence-corrected chi connectivity index (χ3v) is 3.19. The fourth-order valence-corrected chi connectivity index (χ4v) is 1.93. The summed E-state index contributed by atoms with van der Waals surface area (Å²) in [6.45, 7) is 2.02. The molecule has 2 rings (SSSR count). The average molecular weight is 318 g/mol. The van der Waals surface area contributed by atoms with Crippen molar-refractivity contribution >= 4 is 17.5 Å². The Kier molecular flexibility index (Phi) is 5.41. The van der Waals surface area contributed by atoms with E-state index in [-0.39, 0.29) is 24.4 Å². The lowest BCUT2D eigenvalue weighted by molar-refractivity contribution is 0.0983. The maximum atomic E-state index is 13.4. The summed E-state index contributed by atoms with van der Waals surface area (Å²) in [5.74, 6) is -1.50. The normalized spacial score (nSPS) is 10.2. The van der Waals surface area contributed by atoms with Crippen LogP contribution in [0.2, 0.25) is 0 Å². The van der Waals surface area contributed by atoms with Crippen LogP contribution >= 0.6 is 0 Å². The summed E-state index contributed by atoms with van der Waals surface area (Å²) >= 11 is 0. The van der Waals surface area contributed by atoms with Crippen LogP contribution in [0.25, 0.3) is 0 Å². The summed E-state index contributed by atoms with van der Waals surface area (Å²) in [5, 5.41) is 4.63. The number of carbonyl (C=O) groups is 2. The van der Waals surface area contributed by atoms with Gasteiger partial charge in [-0.25, -0.2) is 13.6 Å². The second-order valence-corrected chi connectivity index (χ2v) is 5.04. The summed E-state index contributed by atoms with van der Waals surface area (Å²) in [6.07, 6.45) is 0.113. The minimum atomic E-state index is -0.739. The monoisotopic (exact) mass is 318 g/mol. The van der Waals surface area contributed by atoms with Crippen LogP contribution in [0.1, 0.15) is 22.3 Å². The minimum absolute atomic E-state index is 0.0927. The quantitative estimate of drug-likeness (QED) is 0.827. The molecule has 0 radical (unpaired) electrons. The Morgan fingerprint density at radius 3 is 2.43 bits per heavy atom. The number of nitrogens with one attached hydrogen (secondary N) is 2. The second kappa shape index (κ2) is 7.49. The number of anilines is 1. The molecule has 0 aliphatic carbocycles. The van der Waals surface area contributed by atoms with Crippen molar-refractivity contribution in [2.24, 2.45) is 0 Å². The first-order valence-electron chi connectivity index (χ1n) is 7.05. The maximum Gasteiger partial charge on any atom is 0.319 e. The Hall–Kier alpha value is -2.76. The topological polar surface area (TPSA) is 58.2 Å². The van der Waals surface area contributed by atoms with Crippen molar-refractivity contribution in [3.05, 3.63) is 65.2 Å². The van der Waals surface area contributed by atoms with E-state index in [1.807, 2.05) is 19.1 Å². The molecule has 0 saturated carbocycles. The zero-order chi connectivity index (χ0) is 16.8. The molecule has 23 heavy (non-hydrogen) atoms. The Morgan fingerprint density at radius 2 is 1.74 bits per heavy atom. The van der Waals surface area contributed by atoms with Crippen molar-refractivity contribution in [3.63, 3.8) is 0 Å². The number of rotatable bonds is 5. The smallest absolute Gasteiger partial charge is 0.319 e. The molecule has 2 aromatic carbocycles. The second-order valence-electron chi connectivity index (χ2n) is 5.04. The van der Waals surface area contributed by atoms with Gasteiger partial charge in [0.25, 0.3) is 0 Å². The summed E-state index contributed by atoms with van der Waals surface area (Å²) in [4.78, 5) is 23.5. The van der Waals surface area contributed by atoms with Gasteiger partial charge in [0.15, 0.2) is 5.78 Å².